The highest BCUT2D eigenvalue weighted by atomic mass is 19.4. The minimum atomic E-state index is -5.08. The van der Waals surface area contributed by atoms with Crippen LogP contribution in [0.5, 0.6) is 0 Å². The van der Waals surface area contributed by atoms with E-state index in [0.717, 1.165) is 48.6 Å². The number of aliphatic hydroxyl groups is 1. The third kappa shape index (κ3) is 14.9. The zero-order valence-corrected chi connectivity index (χ0v) is 24.9. The number of rotatable bonds is 4. The van der Waals surface area contributed by atoms with Crippen LogP contribution in [0, 0.1) is 11.3 Å². The Bertz CT molecular complexity index is 1580. The SMILES string of the molecule is N#Cc1cc(-c2ccnc(Nc3ccc(N)cc3)n2)ccc1N1CCC(O)CC1.O=C(O)C(F)(F)F.O=C(O)C(F)(F)F.O=C(O)C(F)(F)F. The van der Waals surface area contributed by atoms with Gasteiger partial charge in [-0.2, -0.15) is 44.8 Å². The molecule has 272 valence electrons. The molecule has 13 nitrogen and oxygen atoms in total. The molecular weight excluding hydrogens is 703 g/mol. The fraction of sp³-hybridized carbons (Fsp3) is 0.286. The van der Waals surface area contributed by atoms with Crippen LogP contribution in [0.1, 0.15) is 18.4 Å². The molecule has 1 saturated heterocycles. The number of nitrogens with two attached hydrogens (primary N) is 1. The van der Waals surface area contributed by atoms with Crippen LogP contribution in [0.2, 0.25) is 0 Å². The van der Waals surface area contributed by atoms with E-state index in [1.54, 1.807) is 6.20 Å². The van der Waals surface area contributed by atoms with Gasteiger partial charge in [-0.1, -0.05) is 6.07 Å². The lowest BCUT2D eigenvalue weighted by Gasteiger charge is -2.32. The second kappa shape index (κ2) is 18.1. The molecule has 0 unspecified atom stereocenters. The molecule has 0 saturated carbocycles. The van der Waals surface area contributed by atoms with Gasteiger partial charge in [-0.05, 0) is 55.3 Å². The van der Waals surface area contributed by atoms with E-state index >= 15 is 0 Å². The number of piperidine rings is 1. The summed E-state index contributed by atoms with van der Waals surface area (Å²) in [6, 6.07) is 17.3. The molecule has 0 atom stereocenters. The molecule has 0 amide bonds. The van der Waals surface area contributed by atoms with Gasteiger partial charge in [0.05, 0.1) is 23.0 Å². The van der Waals surface area contributed by atoms with Gasteiger partial charge in [-0.15, -0.1) is 0 Å². The van der Waals surface area contributed by atoms with E-state index in [-0.39, 0.29) is 6.10 Å². The molecular formula is C28H25F9N6O7. The molecule has 22 heteroatoms. The van der Waals surface area contributed by atoms with Gasteiger partial charge in [0.2, 0.25) is 5.95 Å². The van der Waals surface area contributed by atoms with E-state index < -0.39 is 36.4 Å². The summed E-state index contributed by atoms with van der Waals surface area (Å²) in [5.74, 6) is -7.80. The van der Waals surface area contributed by atoms with Crippen molar-refractivity contribution in [3.8, 4) is 17.3 Å². The van der Waals surface area contributed by atoms with E-state index in [4.69, 9.17) is 35.4 Å². The van der Waals surface area contributed by atoms with E-state index in [0.29, 0.717) is 17.2 Å². The summed E-state index contributed by atoms with van der Waals surface area (Å²) in [6.45, 7) is 1.50. The lowest BCUT2D eigenvalue weighted by molar-refractivity contribution is -0.193. The standard InChI is InChI=1S/C22H22N6O.3C2HF3O2/c23-14-16-13-15(1-6-21(16)28-11-8-19(29)9-12-28)20-7-10-25-22(27-20)26-18-4-2-17(24)3-5-18;3*3-2(4,5)1(6)7/h1-7,10,13,19,29H,8-9,11-12,24H2,(H,25,26,27);3*(H,6,7). The number of aromatic nitrogens is 2. The van der Waals surface area contributed by atoms with E-state index in [1.165, 1.54) is 0 Å². The monoisotopic (exact) mass is 728 g/mol. The first-order valence-corrected chi connectivity index (χ1v) is 13.3. The number of carboxylic acids is 3. The number of halogens is 9. The Hall–Kier alpha value is -5.85. The van der Waals surface area contributed by atoms with Crippen LogP contribution >= 0.6 is 0 Å². The zero-order valence-electron chi connectivity index (χ0n) is 24.9. The Balaban J connectivity index is 0.000000486. The van der Waals surface area contributed by atoms with Gasteiger partial charge in [-0.25, -0.2) is 24.4 Å². The van der Waals surface area contributed by atoms with Crippen molar-refractivity contribution in [2.45, 2.75) is 37.5 Å². The summed E-state index contributed by atoms with van der Waals surface area (Å²) in [5.41, 5.74) is 10.3. The molecule has 0 radical (unpaired) electrons. The second-order valence-electron chi connectivity index (χ2n) is 9.48. The van der Waals surface area contributed by atoms with Gasteiger partial charge < -0.3 is 36.4 Å². The second-order valence-corrected chi connectivity index (χ2v) is 9.48. The molecule has 1 aliphatic rings. The van der Waals surface area contributed by atoms with E-state index in [2.05, 4.69) is 26.3 Å². The van der Waals surface area contributed by atoms with Gasteiger partial charge >= 0.3 is 36.4 Å². The molecule has 1 fully saturated rings. The molecule has 2 heterocycles. The fourth-order valence-electron chi connectivity index (χ4n) is 3.44. The van der Waals surface area contributed by atoms with Crippen molar-refractivity contribution in [1.82, 2.24) is 9.97 Å². The van der Waals surface area contributed by atoms with Crippen LogP contribution in [0.15, 0.2) is 54.7 Å². The third-order valence-electron chi connectivity index (χ3n) is 5.77. The minimum Gasteiger partial charge on any atom is -0.475 e. The number of aliphatic carboxylic acids is 3. The number of anilines is 4. The zero-order chi connectivity index (χ0) is 38.4. The molecule has 4 rings (SSSR count). The molecule has 1 aromatic heterocycles. The smallest absolute Gasteiger partial charge is 0.475 e. The molecule has 0 bridgehead atoms. The highest BCUT2D eigenvalue weighted by Crippen LogP contribution is 2.29. The fourth-order valence-corrected chi connectivity index (χ4v) is 3.44. The maximum Gasteiger partial charge on any atom is 0.490 e. The predicted octanol–water partition coefficient (Wildman–Crippen LogP) is 5.20. The Morgan fingerprint density at radius 2 is 1.28 bits per heavy atom. The number of alkyl halides is 9. The van der Waals surface area contributed by atoms with Crippen molar-refractivity contribution in [2.75, 3.05) is 29.0 Å². The molecule has 7 N–H and O–H groups in total. The van der Waals surface area contributed by atoms with Crippen molar-refractivity contribution in [2.24, 2.45) is 0 Å². The Labute approximate surface area is 275 Å². The van der Waals surface area contributed by atoms with Crippen molar-refractivity contribution in [3.05, 3.63) is 60.3 Å². The molecule has 50 heavy (non-hydrogen) atoms. The number of carbonyl (C=O) groups is 3. The number of hydrogen-bond acceptors (Lipinski definition) is 10. The molecule has 2 aromatic carbocycles. The first-order chi connectivity index (χ1) is 22.9. The average molecular weight is 729 g/mol. The number of nitriles is 1. The van der Waals surface area contributed by atoms with Crippen LogP contribution in [0.3, 0.4) is 0 Å². The van der Waals surface area contributed by atoms with Crippen LogP contribution in [0.4, 0.5) is 62.5 Å². The van der Waals surface area contributed by atoms with Crippen LogP contribution in [-0.2, 0) is 14.4 Å². The summed E-state index contributed by atoms with van der Waals surface area (Å²) in [5, 5.41) is 43.9. The van der Waals surface area contributed by atoms with Gasteiger partial charge in [-0.3, -0.25) is 0 Å². The Morgan fingerprint density at radius 1 is 0.820 bits per heavy atom. The number of aliphatic hydroxyl groups excluding tert-OH is 1. The Kier molecular flexibility index (Phi) is 15.2. The average Bonchev–Trinajstić information content (AvgIpc) is 3.02. The van der Waals surface area contributed by atoms with Gasteiger partial charge in [0.25, 0.3) is 0 Å². The van der Waals surface area contributed by atoms with E-state index in [9.17, 15) is 49.9 Å². The van der Waals surface area contributed by atoms with Crippen LogP contribution in [-0.4, -0.2) is 86.0 Å². The predicted molar refractivity (Wildman–Crippen MR) is 155 cm³/mol. The van der Waals surface area contributed by atoms with E-state index in [1.807, 2.05) is 48.5 Å². The number of nitrogens with zero attached hydrogens (tertiary/aromatic N) is 4. The lowest BCUT2D eigenvalue weighted by atomic mass is 10.0. The maximum absolute atomic E-state index is 10.6. The van der Waals surface area contributed by atoms with Gasteiger partial charge in [0.15, 0.2) is 0 Å². The summed E-state index contributed by atoms with van der Waals surface area (Å²) >= 11 is 0. The molecule has 3 aromatic rings. The largest absolute Gasteiger partial charge is 0.490 e. The third-order valence-corrected chi connectivity index (χ3v) is 5.77. The number of carboxylic acid groups (broad SMARTS) is 3. The van der Waals surface area contributed by atoms with Crippen molar-refractivity contribution in [3.63, 3.8) is 0 Å². The minimum absolute atomic E-state index is 0.246. The first kappa shape index (κ1) is 42.2. The normalized spacial score (nSPS) is 13.1. The maximum atomic E-state index is 10.6. The summed E-state index contributed by atoms with van der Waals surface area (Å²) in [6.07, 6.45) is -12.4. The summed E-state index contributed by atoms with van der Waals surface area (Å²) in [4.78, 5) is 37.7. The number of nitrogens with one attached hydrogen (secondary N) is 1. The van der Waals surface area contributed by atoms with Gasteiger partial charge in [0, 0.05) is 36.2 Å². The quantitative estimate of drug-likeness (QED) is 0.150. The first-order valence-electron chi connectivity index (χ1n) is 13.3. The topological polar surface area (TPSA) is 223 Å². The number of nitrogen functional groups attached to an aromatic ring is 1. The van der Waals surface area contributed by atoms with Crippen molar-refractivity contribution < 1.29 is 74.3 Å². The van der Waals surface area contributed by atoms with Crippen molar-refractivity contribution >= 4 is 40.9 Å². The molecule has 1 aliphatic heterocycles. The molecule has 0 spiro atoms. The van der Waals surface area contributed by atoms with Crippen molar-refractivity contribution in [1.29, 1.82) is 5.26 Å². The van der Waals surface area contributed by atoms with Crippen LogP contribution < -0.4 is 16.0 Å². The highest BCUT2D eigenvalue weighted by molar-refractivity contribution is 5.74. The Morgan fingerprint density at radius 3 is 1.70 bits per heavy atom. The molecule has 0 aliphatic carbocycles. The number of benzene rings is 2. The van der Waals surface area contributed by atoms with Crippen LogP contribution in [0.25, 0.3) is 11.3 Å². The summed E-state index contributed by atoms with van der Waals surface area (Å²) in [7, 11) is 0. The number of hydrogen-bond donors (Lipinski definition) is 6. The van der Waals surface area contributed by atoms with Gasteiger partial charge in [0.1, 0.15) is 6.07 Å². The lowest BCUT2D eigenvalue weighted by Crippen LogP contribution is -2.36. The highest BCUT2D eigenvalue weighted by Gasteiger charge is 2.39. The summed E-state index contributed by atoms with van der Waals surface area (Å²) < 4.78 is 95.2.